The van der Waals surface area contributed by atoms with E-state index in [1.165, 1.54) is 20.3 Å². The van der Waals surface area contributed by atoms with Crippen molar-refractivity contribution in [3.05, 3.63) is 47.7 Å². The molecule has 0 aliphatic carbocycles. The summed E-state index contributed by atoms with van der Waals surface area (Å²) in [5.74, 6) is -0.327. The van der Waals surface area contributed by atoms with E-state index in [0.717, 1.165) is 5.56 Å². The lowest BCUT2D eigenvalue weighted by molar-refractivity contribution is -0.159. The van der Waals surface area contributed by atoms with Crippen LogP contribution in [0.4, 0.5) is 0 Å². The second kappa shape index (κ2) is 10.9. The van der Waals surface area contributed by atoms with Gasteiger partial charge in [0.1, 0.15) is 17.4 Å². The van der Waals surface area contributed by atoms with Crippen molar-refractivity contribution in [3.8, 4) is 0 Å². The van der Waals surface area contributed by atoms with Crippen LogP contribution in [0.25, 0.3) is 0 Å². The number of hydrogen-bond acceptors (Lipinski definition) is 6. The minimum atomic E-state index is -0.573. The predicted octanol–water partition coefficient (Wildman–Crippen LogP) is 3.78. The van der Waals surface area contributed by atoms with Gasteiger partial charge >= 0.3 is 11.9 Å². The van der Waals surface area contributed by atoms with Crippen molar-refractivity contribution in [3.63, 3.8) is 0 Å². The van der Waals surface area contributed by atoms with Gasteiger partial charge in [-0.05, 0) is 32.3 Å². The van der Waals surface area contributed by atoms with Gasteiger partial charge in [0.2, 0.25) is 0 Å². The second-order valence-corrected chi connectivity index (χ2v) is 7.93. The molecule has 0 unspecified atom stereocenters. The molecular formula is C22H33NO5. The van der Waals surface area contributed by atoms with E-state index in [-0.39, 0.29) is 17.9 Å². The number of carbonyl (C=O) groups is 2. The first-order chi connectivity index (χ1) is 13.1. The maximum atomic E-state index is 12.7. The summed E-state index contributed by atoms with van der Waals surface area (Å²) in [6, 6.07) is 8.95. The van der Waals surface area contributed by atoms with Gasteiger partial charge in [-0.1, -0.05) is 44.2 Å². The van der Waals surface area contributed by atoms with Crippen LogP contribution in [-0.4, -0.2) is 37.8 Å². The van der Waals surface area contributed by atoms with E-state index in [4.69, 9.17) is 14.2 Å². The molecule has 28 heavy (non-hydrogen) atoms. The summed E-state index contributed by atoms with van der Waals surface area (Å²) < 4.78 is 15.6. The Kier molecular flexibility index (Phi) is 9.19. The van der Waals surface area contributed by atoms with Crippen LogP contribution in [0, 0.1) is 5.92 Å². The molecule has 0 heterocycles. The highest BCUT2D eigenvalue weighted by Gasteiger charge is 2.30. The first-order valence-corrected chi connectivity index (χ1v) is 9.43. The van der Waals surface area contributed by atoms with Crippen LogP contribution >= 0.6 is 0 Å². The van der Waals surface area contributed by atoms with E-state index in [0.29, 0.717) is 12.2 Å². The molecule has 0 aliphatic rings. The minimum Gasteiger partial charge on any atom is -0.501 e. The van der Waals surface area contributed by atoms with Crippen LogP contribution in [0.1, 0.15) is 52.6 Å². The Hall–Kier alpha value is -2.34. The summed E-state index contributed by atoms with van der Waals surface area (Å²) in [5, 5.41) is 3.40. The van der Waals surface area contributed by atoms with Crippen LogP contribution in [0.15, 0.2) is 42.2 Å². The molecule has 6 heteroatoms. The van der Waals surface area contributed by atoms with Crippen molar-refractivity contribution in [2.24, 2.45) is 5.92 Å². The molecule has 0 fully saturated rings. The Bertz CT molecular complexity index is 661. The van der Waals surface area contributed by atoms with E-state index < -0.39 is 17.6 Å². The molecule has 0 aromatic heterocycles. The molecule has 1 N–H and O–H groups in total. The monoisotopic (exact) mass is 391 g/mol. The van der Waals surface area contributed by atoms with Crippen LogP contribution in [0.5, 0.6) is 0 Å². The Labute approximate surface area is 168 Å². The van der Waals surface area contributed by atoms with Gasteiger partial charge in [0.25, 0.3) is 0 Å². The molecule has 0 aliphatic heterocycles. The van der Waals surface area contributed by atoms with Crippen molar-refractivity contribution in [1.82, 2.24) is 5.32 Å². The molecule has 0 spiro atoms. The zero-order valence-electron chi connectivity index (χ0n) is 17.9. The summed E-state index contributed by atoms with van der Waals surface area (Å²) in [6.45, 7) is 9.47. The van der Waals surface area contributed by atoms with Gasteiger partial charge in [-0.3, -0.25) is 10.1 Å². The SMILES string of the molecule is COC(=O)/C=C(\C[C@H](N[C@H](C(=O)OC(C)(C)C)C(C)C)c1ccccc1)OC. The quantitative estimate of drug-likeness (QED) is 0.392. The topological polar surface area (TPSA) is 73.9 Å². The summed E-state index contributed by atoms with van der Waals surface area (Å²) in [7, 11) is 2.82. The lowest BCUT2D eigenvalue weighted by atomic mass is 9.97. The summed E-state index contributed by atoms with van der Waals surface area (Å²) in [4.78, 5) is 24.4. The zero-order chi connectivity index (χ0) is 21.3. The molecule has 0 saturated heterocycles. The smallest absolute Gasteiger partial charge is 0.333 e. The Balaban J connectivity index is 3.15. The third-order valence-corrected chi connectivity index (χ3v) is 4.06. The van der Waals surface area contributed by atoms with Gasteiger partial charge in [0.05, 0.1) is 20.3 Å². The fraction of sp³-hybridized carbons (Fsp3) is 0.545. The molecule has 1 aromatic rings. The molecule has 1 rings (SSSR count). The van der Waals surface area contributed by atoms with Gasteiger partial charge in [0, 0.05) is 12.5 Å². The highest BCUT2D eigenvalue weighted by atomic mass is 16.6. The molecule has 0 saturated carbocycles. The van der Waals surface area contributed by atoms with Crippen LogP contribution in [0.2, 0.25) is 0 Å². The fourth-order valence-electron chi connectivity index (χ4n) is 2.67. The third-order valence-electron chi connectivity index (χ3n) is 4.06. The van der Waals surface area contributed by atoms with Crippen LogP contribution in [0.3, 0.4) is 0 Å². The number of nitrogens with one attached hydrogen (secondary N) is 1. The molecule has 2 atom stereocenters. The second-order valence-electron chi connectivity index (χ2n) is 7.93. The maximum Gasteiger partial charge on any atom is 0.333 e. The first kappa shape index (κ1) is 23.7. The van der Waals surface area contributed by atoms with E-state index in [9.17, 15) is 9.59 Å². The van der Waals surface area contributed by atoms with Crippen LogP contribution in [-0.2, 0) is 23.8 Å². The summed E-state index contributed by atoms with van der Waals surface area (Å²) >= 11 is 0. The van der Waals surface area contributed by atoms with Crippen molar-refractivity contribution in [1.29, 1.82) is 0 Å². The van der Waals surface area contributed by atoms with E-state index in [1.807, 2.05) is 65.0 Å². The van der Waals surface area contributed by atoms with Gasteiger partial charge in [-0.25, -0.2) is 4.79 Å². The molecule has 6 nitrogen and oxygen atoms in total. The normalized spacial score (nSPS) is 14.4. The highest BCUT2D eigenvalue weighted by molar-refractivity contribution is 5.82. The van der Waals surface area contributed by atoms with Gasteiger partial charge < -0.3 is 14.2 Å². The molecule has 1 aromatic carbocycles. The van der Waals surface area contributed by atoms with Crippen molar-refractivity contribution in [2.75, 3.05) is 14.2 Å². The van der Waals surface area contributed by atoms with Crippen molar-refractivity contribution >= 4 is 11.9 Å². The van der Waals surface area contributed by atoms with Crippen LogP contribution < -0.4 is 5.32 Å². The van der Waals surface area contributed by atoms with Crippen molar-refractivity contribution < 1.29 is 23.8 Å². The van der Waals surface area contributed by atoms with Gasteiger partial charge in [-0.2, -0.15) is 0 Å². The molecule has 156 valence electrons. The average Bonchev–Trinajstić information content (AvgIpc) is 2.62. The molecule has 0 amide bonds. The van der Waals surface area contributed by atoms with Gasteiger partial charge in [-0.15, -0.1) is 0 Å². The van der Waals surface area contributed by atoms with Gasteiger partial charge in [0.15, 0.2) is 0 Å². The first-order valence-electron chi connectivity index (χ1n) is 9.43. The Morgan fingerprint density at radius 3 is 2.14 bits per heavy atom. The third kappa shape index (κ3) is 8.13. The zero-order valence-corrected chi connectivity index (χ0v) is 17.9. The Morgan fingerprint density at radius 2 is 1.68 bits per heavy atom. The minimum absolute atomic E-state index is 0.0108. The lowest BCUT2D eigenvalue weighted by Crippen LogP contribution is -2.46. The number of methoxy groups -OCH3 is 2. The van der Waals surface area contributed by atoms with Crippen molar-refractivity contribution in [2.45, 2.75) is 58.7 Å². The van der Waals surface area contributed by atoms with E-state index in [2.05, 4.69) is 5.32 Å². The number of carbonyl (C=O) groups excluding carboxylic acids is 2. The average molecular weight is 392 g/mol. The highest BCUT2D eigenvalue weighted by Crippen LogP contribution is 2.24. The number of hydrogen-bond donors (Lipinski definition) is 1. The molecule has 0 radical (unpaired) electrons. The Morgan fingerprint density at radius 1 is 1.07 bits per heavy atom. The number of ether oxygens (including phenoxy) is 3. The van der Waals surface area contributed by atoms with E-state index >= 15 is 0 Å². The maximum absolute atomic E-state index is 12.7. The van der Waals surface area contributed by atoms with E-state index in [1.54, 1.807) is 0 Å². The fourth-order valence-corrected chi connectivity index (χ4v) is 2.67. The number of esters is 2. The number of benzene rings is 1. The summed E-state index contributed by atoms with van der Waals surface area (Å²) in [6.07, 6.45) is 1.69. The number of rotatable bonds is 9. The lowest BCUT2D eigenvalue weighted by Gasteiger charge is -2.30. The largest absolute Gasteiger partial charge is 0.501 e. The molecule has 0 bridgehead atoms. The molecular weight excluding hydrogens is 358 g/mol. The standard InChI is InChI=1S/C22H33NO5/c1-15(2)20(21(25)28-22(3,4)5)23-18(16-11-9-8-10-12-16)13-17(26-6)14-19(24)27-7/h8-12,14-15,18,20,23H,13H2,1-7H3/b17-14+/t18-,20-/m0/s1. The predicted molar refractivity (Wildman–Crippen MR) is 109 cm³/mol. The summed E-state index contributed by atoms with van der Waals surface area (Å²) in [5.41, 5.74) is 0.404.